The monoisotopic (exact) mass is 155 g/mol. The minimum absolute atomic E-state index is 0.359. The molecule has 1 aliphatic heterocycles. The van der Waals surface area contributed by atoms with Gasteiger partial charge in [0.15, 0.2) is 0 Å². The Bertz CT molecular complexity index is 140. The topological polar surface area (TPSA) is 50.1 Å². The van der Waals surface area contributed by atoms with Gasteiger partial charge in [-0.1, -0.05) is 6.42 Å². The third kappa shape index (κ3) is 1.41. The lowest BCUT2D eigenvalue weighted by atomic mass is 9.78. The molecule has 1 spiro atoms. The van der Waals surface area contributed by atoms with Gasteiger partial charge in [0.25, 0.3) is 0 Å². The van der Waals surface area contributed by atoms with Crippen molar-refractivity contribution >= 4 is 0 Å². The third-order valence-corrected chi connectivity index (χ3v) is 2.97. The molecule has 0 amide bonds. The second-order valence-corrected chi connectivity index (χ2v) is 3.94. The van der Waals surface area contributed by atoms with Crippen molar-refractivity contribution in [2.24, 2.45) is 5.73 Å². The van der Waals surface area contributed by atoms with Crippen LogP contribution in [0.5, 0.6) is 0 Å². The zero-order valence-corrected chi connectivity index (χ0v) is 6.90. The number of rotatable bonds is 0. The number of hydrogen-bond acceptors (Lipinski definition) is 3. The van der Waals surface area contributed by atoms with Crippen LogP contribution in [0.25, 0.3) is 0 Å². The van der Waals surface area contributed by atoms with E-state index < -0.39 is 0 Å². The van der Waals surface area contributed by atoms with Crippen molar-refractivity contribution in [1.82, 2.24) is 10.9 Å². The molecule has 2 aliphatic rings. The van der Waals surface area contributed by atoms with E-state index in [-0.39, 0.29) is 0 Å². The van der Waals surface area contributed by atoms with E-state index in [1.54, 1.807) is 0 Å². The lowest BCUT2D eigenvalue weighted by Crippen LogP contribution is -2.50. The van der Waals surface area contributed by atoms with Gasteiger partial charge in [0.1, 0.15) is 0 Å². The lowest BCUT2D eigenvalue weighted by Gasteiger charge is -2.36. The number of nitrogens with two attached hydrogens (primary N) is 1. The van der Waals surface area contributed by atoms with Crippen LogP contribution in [-0.4, -0.2) is 18.1 Å². The standard InChI is InChI=1S/C8H17N3/c9-7-2-1-3-8(6-7)4-5-10-11-8/h7,10-11H,1-6,9H2. The summed E-state index contributed by atoms with van der Waals surface area (Å²) in [5.74, 6) is 0. The maximum Gasteiger partial charge on any atom is 0.0351 e. The van der Waals surface area contributed by atoms with Crippen molar-refractivity contribution in [1.29, 1.82) is 0 Å². The molecular formula is C8H17N3. The first kappa shape index (κ1) is 7.53. The van der Waals surface area contributed by atoms with Gasteiger partial charge in [-0.3, -0.25) is 10.9 Å². The van der Waals surface area contributed by atoms with Crippen molar-refractivity contribution in [2.75, 3.05) is 6.54 Å². The zero-order chi connectivity index (χ0) is 7.73. The van der Waals surface area contributed by atoms with Gasteiger partial charge in [-0.15, -0.1) is 0 Å². The Morgan fingerprint density at radius 3 is 2.91 bits per heavy atom. The Morgan fingerprint density at radius 1 is 1.36 bits per heavy atom. The molecule has 4 N–H and O–H groups in total. The van der Waals surface area contributed by atoms with Crippen LogP contribution in [0.15, 0.2) is 0 Å². The Hall–Kier alpha value is -0.120. The normalized spacial score (nSPS) is 45.0. The summed E-state index contributed by atoms with van der Waals surface area (Å²) in [6, 6.07) is 0.427. The zero-order valence-electron chi connectivity index (χ0n) is 6.90. The molecule has 3 heteroatoms. The summed E-state index contributed by atoms with van der Waals surface area (Å²) in [5, 5.41) is 0. The van der Waals surface area contributed by atoms with Crippen LogP contribution in [-0.2, 0) is 0 Å². The molecule has 3 nitrogen and oxygen atoms in total. The summed E-state index contributed by atoms with van der Waals surface area (Å²) in [7, 11) is 0. The fraction of sp³-hybridized carbons (Fsp3) is 1.00. The molecule has 2 unspecified atom stereocenters. The maximum atomic E-state index is 5.92. The highest BCUT2D eigenvalue weighted by atomic mass is 15.4. The highest BCUT2D eigenvalue weighted by Gasteiger charge is 2.37. The Labute approximate surface area is 67.7 Å². The second kappa shape index (κ2) is 2.73. The van der Waals surface area contributed by atoms with Gasteiger partial charge in [-0.2, -0.15) is 0 Å². The van der Waals surface area contributed by atoms with E-state index in [2.05, 4.69) is 10.9 Å². The average Bonchev–Trinajstić information content (AvgIpc) is 2.37. The molecule has 1 aliphatic carbocycles. The van der Waals surface area contributed by atoms with E-state index in [0.29, 0.717) is 11.6 Å². The Balaban J connectivity index is 2.00. The highest BCUT2D eigenvalue weighted by molar-refractivity contribution is 4.97. The van der Waals surface area contributed by atoms with Gasteiger partial charge in [-0.25, -0.2) is 0 Å². The van der Waals surface area contributed by atoms with Gasteiger partial charge in [-0.05, 0) is 25.7 Å². The molecule has 1 saturated heterocycles. The molecule has 0 bridgehead atoms. The fourth-order valence-corrected chi connectivity index (χ4v) is 2.36. The number of hydrogen-bond donors (Lipinski definition) is 3. The third-order valence-electron chi connectivity index (χ3n) is 2.97. The fourth-order valence-electron chi connectivity index (χ4n) is 2.36. The quantitative estimate of drug-likeness (QED) is 0.466. The van der Waals surface area contributed by atoms with E-state index in [1.807, 2.05) is 0 Å². The predicted octanol–water partition coefficient (Wildman–Crippen LogP) is 0.124. The van der Waals surface area contributed by atoms with Gasteiger partial charge >= 0.3 is 0 Å². The lowest BCUT2D eigenvalue weighted by molar-refractivity contribution is 0.231. The predicted molar refractivity (Wildman–Crippen MR) is 44.9 cm³/mol. The van der Waals surface area contributed by atoms with Gasteiger partial charge < -0.3 is 5.73 Å². The minimum atomic E-state index is 0.359. The van der Waals surface area contributed by atoms with Crippen LogP contribution in [0.2, 0.25) is 0 Å². The molecule has 2 fully saturated rings. The van der Waals surface area contributed by atoms with Crippen LogP contribution in [0, 0.1) is 0 Å². The van der Waals surface area contributed by atoms with E-state index in [0.717, 1.165) is 13.0 Å². The van der Waals surface area contributed by atoms with E-state index in [1.165, 1.54) is 25.7 Å². The molecule has 0 aromatic carbocycles. The minimum Gasteiger partial charge on any atom is -0.328 e. The summed E-state index contributed by atoms with van der Waals surface area (Å²) < 4.78 is 0. The van der Waals surface area contributed by atoms with Crippen molar-refractivity contribution in [2.45, 2.75) is 43.7 Å². The summed E-state index contributed by atoms with van der Waals surface area (Å²) in [6.45, 7) is 1.10. The molecule has 1 heterocycles. The Morgan fingerprint density at radius 2 is 2.27 bits per heavy atom. The number of hydrazine groups is 1. The van der Waals surface area contributed by atoms with Crippen molar-refractivity contribution in [3.63, 3.8) is 0 Å². The molecule has 2 rings (SSSR count). The second-order valence-electron chi connectivity index (χ2n) is 3.94. The van der Waals surface area contributed by atoms with Gasteiger partial charge in [0.2, 0.25) is 0 Å². The van der Waals surface area contributed by atoms with Gasteiger partial charge in [0, 0.05) is 18.1 Å². The summed E-state index contributed by atoms with van der Waals surface area (Å²) in [5.41, 5.74) is 12.9. The van der Waals surface area contributed by atoms with E-state index in [9.17, 15) is 0 Å². The maximum absolute atomic E-state index is 5.92. The average molecular weight is 155 g/mol. The van der Waals surface area contributed by atoms with Crippen LogP contribution in [0.4, 0.5) is 0 Å². The SMILES string of the molecule is NC1CCCC2(CCNN2)C1. The van der Waals surface area contributed by atoms with Gasteiger partial charge in [0.05, 0.1) is 0 Å². The first-order valence-corrected chi connectivity index (χ1v) is 4.56. The summed E-state index contributed by atoms with van der Waals surface area (Å²) >= 11 is 0. The van der Waals surface area contributed by atoms with Crippen LogP contribution in [0.3, 0.4) is 0 Å². The van der Waals surface area contributed by atoms with Crippen molar-refractivity contribution < 1.29 is 0 Å². The summed E-state index contributed by atoms with van der Waals surface area (Å²) in [4.78, 5) is 0. The number of nitrogens with one attached hydrogen (secondary N) is 2. The molecule has 2 atom stereocenters. The summed E-state index contributed by atoms with van der Waals surface area (Å²) in [6.07, 6.45) is 6.20. The molecule has 1 saturated carbocycles. The van der Waals surface area contributed by atoms with E-state index in [4.69, 9.17) is 5.73 Å². The Kier molecular flexibility index (Phi) is 1.87. The molecule has 11 heavy (non-hydrogen) atoms. The molecule has 64 valence electrons. The molecule has 0 aromatic heterocycles. The van der Waals surface area contributed by atoms with Crippen molar-refractivity contribution in [3.05, 3.63) is 0 Å². The first-order chi connectivity index (χ1) is 5.31. The van der Waals surface area contributed by atoms with Crippen LogP contribution >= 0.6 is 0 Å². The molecular weight excluding hydrogens is 138 g/mol. The van der Waals surface area contributed by atoms with Crippen LogP contribution in [0.1, 0.15) is 32.1 Å². The highest BCUT2D eigenvalue weighted by Crippen LogP contribution is 2.31. The molecule has 0 aromatic rings. The van der Waals surface area contributed by atoms with E-state index >= 15 is 0 Å². The first-order valence-electron chi connectivity index (χ1n) is 4.56. The largest absolute Gasteiger partial charge is 0.328 e. The van der Waals surface area contributed by atoms with Crippen LogP contribution < -0.4 is 16.6 Å². The van der Waals surface area contributed by atoms with Crippen molar-refractivity contribution in [3.8, 4) is 0 Å². The smallest absolute Gasteiger partial charge is 0.0351 e. The molecule has 0 radical (unpaired) electrons.